The average Bonchev–Trinajstić information content (AvgIpc) is 2.06. The summed E-state index contributed by atoms with van der Waals surface area (Å²) in [4.78, 5) is 4.09. The van der Waals surface area contributed by atoms with Crippen LogP contribution < -0.4 is 0 Å². The van der Waals surface area contributed by atoms with E-state index in [1.165, 1.54) is 0 Å². The smallest absolute Gasteiger partial charge is 0.0828 e. The zero-order valence-electron chi connectivity index (χ0n) is 7.10. The van der Waals surface area contributed by atoms with E-state index < -0.39 is 6.10 Å². The molecule has 1 aromatic rings. The van der Waals surface area contributed by atoms with E-state index in [9.17, 15) is 5.11 Å². The van der Waals surface area contributed by atoms with Crippen molar-refractivity contribution < 1.29 is 9.84 Å². The second-order valence-corrected chi connectivity index (χ2v) is 2.63. The van der Waals surface area contributed by atoms with Gasteiger partial charge >= 0.3 is 0 Å². The molecule has 0 aromatic carbocycles. The van der Waals surface area contributed by atoms with Crippen LogP contribution in [0.25, 0.3) is 0 Å². The number of ether oxygens (including phenoxy) is 1. The van der Waals surface area contributed by atoms with Gasteiger partial charge in [0.05, 0.1) is 12.7 Å². The molecule has 1 heterocycles. The van der Waals surface area contributed by atoms with E-state index in [0.29, 0.717) is 13.0 Å². The van der Waals surface area contributed by atoms with Crippen molar-refractivity contribution in [2.75, 3.05) is 13.7 Å². The van der Waals surface area contributed by atoms with E-state index in [4.69, 9.17) is 4.74 Å². The molecule has 3 nitrogen and oxygen atoms in total. The van der Waals surface area contributed by atoms with Crippen LogP contribution in [0.2, 0.25) is 0 Å². The summed E-state index contributed by atoms with van der Waals surface area (Å²) in [7, 11) is 1.57. The van der Waals surface area contributed by atoms with Crippen molar-refractivity contribution in [3.8, 4) is 0 Å². The number of aliphatic hydroxyl groups excluding tert-OH is 1. The molecule has 0 aliphatic rings. The van der Waals surface area contributed by atoms with Crippen LogP contribution in [0.4, 0.5) is 0 Å². The monoisotopic (exact) mass is 167 g/mol. The first-order valence-corrected chi connectivity index (χ1v) is 3.90. The van der Waals surface area contributed by atoms with Crippen molar-refractivity contribution in [2.45, 2.75) is 12.5 Å². The Balaban J connectivity index is 2.41. The zero-order chi connectivity index (χ0) is 8.81. The number of aromatic nitrogens is 1. The van der Waals surface area contributed by atoms with Gasteiger partial charge in [-0.2, -0.15) is 0 Å². The summed E-state index contributed by atoms with van der Waals surface area (Å²) in [5.41, 5.74) is 0.891. The summed E-state index contributed by atoms with van der Waals surface area (Å²) in [6.45, 7) is 0.358. The lowest BCUT2D eigenvalue weighted by atomic mass is 10.2. The van der Waals surface area contributed by atoms with E-state index in [1.54, 1.807) is 13.3 Å². The SMILES string of the molecule is COCC(O)Cc1ccccn1. The molecule has 0 fully saturated rings. The molecule has 66 valence electrons. The molecule has 0 amide bonds. The molecule has 3 heteroatoms. The molecule has 0 saturated carbocycles. The van der Waals surface area contributed by atoms with Gasteiger partial charge in [0.1, 0.15) is 0 Å². The zero-order valence-corrected chi connectivity index (χ0v) is 7.10. The third-order valence-electron chi connectivity index (χ3n) is 1.53. The van der Waals surface area contributed by atoms with E-state index in [1.807, 2.05) is 18.2 Å². The quantitative estimate of drug-likeness (QED) is 0.715. The summed E-state index contributed by atoms with van der Waals surface area (Å²) in [5, 5.41) is 9.34. The molecule has 1 atom stereocenters. The Bertz CT molecular complexity index is 213. The highest BCUT2D eigenvalue weighted by Crippen LogP contribution is 1.98. The molecule has 0 spiro atoms. The Hall–Kier alpha value is -0.930. The predicted molar refractivity (Wildman–Crippen MR) is 45.8 cm³/mol. The van der Waals surface area contributed by atoms with Gasteiger partial charge in [0, 0.05) is 25.4 Å². The van der Waals surface area contributed by atoms with Gasteiger partial charge in [-0.1, -0.05) is 6.07 Å². The molecule has 1 aromatic heterocycles. The lowest BCUT2D eigenvalue weighted by Crippen LogP contribution is -2.17. The molecule has 1 N–H and O–H groups in total. The van der Waals surface area contributed by atoms with Gasteiger partial charge in [0.2, 0.25) is 0 Å². The van der Waals surface area contributed by atoms with Gasteiger partial charge in [-0.05, 0) is 12.1 Å². The summed E-state index contributed by atoms with van der Waals surface area (Å²) in [6.07, 6.45) is 1.81. The van der Waals surface area contributed by atoms with Crippen LogP contribution in [0.3, 0.4) is 0 Å². The topological polar surface area (TPSA) is 42.4 Å². The summed E-state index contributed by atoms with van der Waals surface area (Å²) in [5.74, 6) is 0. The third kappa shape index (κ3) is 2.98. The first-order chi connectivity index (χ1) is 5.83. The van der Waals surface area contributed by atoms with Gasteiger partial charge < -0.3 is 9.84 Å². The number of pyridine rings is 1. The molecule has 0 aliphatic carbocycles. The van der Waals surface area contributed by atoms with Crippen LogP contribution >= 0.6 is 0 Å². The van der Waals surface area contributed by atoms with Crippen LogP contribution in [0.5, 0.6) is 0 Å². The molecule has 0 saturated heterocycles. The molecule has 1 rings (SSSR count). The Morgan fingerprint density at radius 1 is 1.58 bits per heavy atom. The standard InChI is InChI=1S/C9H13NO2/c1-12-7-9(11)6-8-4-2-3-5-10-8/h2-5,9,11H,6-7H2,1H3. The van der Waals surface area contributed by atoms with Gasteiger partial charge in [0.25, 0.3) is 0 Å². The molecule has 0 bridgehead atoms. The van der Waals surface area contributed by atoms with Gasteiger partial charge in [-0.3, -0.25) is 4.98 Å². The molecule has 0 aliphatic heterocycles. The molecule has 0 radical (unpaired) electrons. The van der Waals surface area contributed by atoms with Crippen LogP contribution in [0, 0.1) is 0 Å². The number of nitrogens with zero attached hydrogens (tertiary/aromatic N) is 1. The lowest BCUT2D eigenvalue weighted by Gasteiger charge is -2.07. The van der Waals surface area contributed by atoms with E-state index >= 15 is 0 Å². The van der Waals surface area contributed by atoms with Crippen LogP contribution in [-0.2, 0) is 11.2 Å². The van der Waals surface area contributed by atoms with Crippen molar-refractivity contribution in [2.24, 2.45) is 0 Å². The van der Waals surface area contributed by atoms with Crippen LogP contribution in [0.1, 0.15) is 5.69 Å². The summed E-state index contributed by atoms with van der Waals surface area (Å²) < 4.78 is 4.80. The number of aliphatic hydroxyl groups is 1. The largest absolute Gasteiger partial charge is 0.390 e. The highest BCUT2D eigenvalue weighted by atomic mass is 16.5. The van der Waals surface area contributed by atoms with E-state index in [-0.39, 0.29) is 0 Å². The third-order valence-corrected chi connectivity index (χ3v) is 1.53. The van der Waals surface area contributed by atoms with Crippen molar-refractivity contribution >= 4 is 0 Å². The van der Waals surface area contributed by atoms with Crippen molar-refractivity contribution in [1.29, 1.82) is 0 Å². The second kappa shape index (κ2) is 4.85. The minimum Gasteiger partial charge on any atom is -0.390 e. The summed E-state index contributed by atoms with van der Waals surface area (Å²) >= 11 is 0. The average molecular weight is 167 g/mol. The highest BCUT2D eigenvalue weighted by molar-refractivity contribution is 5.04. The fraction of sp³-hybridized carbons (Fsp3) is 0.444. The van der Waals surface area contributed by atoms with Crippen molar-refractivity contribution in [1.82, 2.24) is 4.98 Å². The number of rotatable bonds is 4. The maximum absolute atomic E-state index is 9.34. The lowest BCUT2D eigenvalue weighted by molar-refractivity contribution is 0.0644. The number of hydrogen-bond acceptors (Lipinski definition) is 3. The Kier molecular flexibility index (Phi) is 3.70. The Labute approximate surface area is 72.0 Å². The van der Waals surface area contributed by atoms with Gasteiger partial charge in [-0.15, -0.1) is 0 Å². The summed E-state index contributed by atoms with van der Waals surface area (Å²) in [6, 6.07) is 5.65. The normalized spacial score (nSPS) is 12.8. The van der Waals surface area contributed by atoms with Crippen molar-refractivity contribution in [3.05, 3.63) is 30.1 Å². The molecular weight excluding hydrogens is 154 g/mol. The molecular formula is C9H13NO2. The van der Waals surface area contributed by atoms with E-state index in [0.717, 1.165) is 5.69 Å². The number of methoxy groups -OCH3 is 1. The van der Waals surface area contributed by atoms with Crippen LogP contribution in [-0.4, -0.2) is 29.9 Å². The minimum absolute atomic E-state index is 0.358. The predicted octanol–water partition coefficient (Wildman–Crippen LogP) is 0.631. The molecule has 12 heavy (non-hydrogen) atoms. The van der Waals surface area contributed by atoms with Gasteiger partial charge in [0.15, 0.2) is 0 Å². The fourth-order valence-electron chi connectivity index (χ4n) is 1.01. The molecule has 1 unspecified atom stereocenters. The maximum atomic E-state index is 9.34. The first-order valence-electron chi connectivity index (χ1n) is 3.90. The van der Waals surface area contributed by atoms with E-state index in [2.05, 4.69) is 4.98 Å². The number of hydrogen-bond donors (Lipinski definition) is 1. The first kappa shape index (κ1) is 9.16. The Morgan fingerprint density at radius 3 is 3.00 bits per heavy atom. The second-order valence-electron chi connectivity index (χ2n) is 2.63. The minimum atomic E-state index is -0.454. The Morgan fingerprint density at radius 2 is 2.42 bits per heavy atom. The fourth-order valence-corrected chi connectivity index (χ4v) is 1.01. The highest BCUT2D eigenvalue weighted by Gasteiger charge is 2.04. The maximum Gasteiger partial charge on any atom is 0.0828 e. The van der Waals surface area contributed by atoms with Crippen LogP contribution in [0.15, 0.2) is 24.4 Å². The van der Waals surface area contributed by atoms with Gasteiger partial charge in [-0.25, -0.2) is 0 Å². The van der Waals surface area contributed by atoms with Crippen molar-refractivity contribution in [3.63, 3.8) is 0 Å².